The highest BCUT2D eigenvalue weighted by Gasteiger charge is 2.46. The molecule has 3 aromatic rings. The van der Waals surface area contributed by atoms with Gasteiger partial charge in [-0.25, -0.2) is 0 Å². The molecule has 1 unspecified atom stereocenters. The van der Waals surface area contributed by atoms with Crippen LogP contribution in [0.4, 0.5) is 0 Å². The van der Waals surface area contributed by atoms with E-state index in [4.69, 9.17) is 32.7 Å². The number of hydrogen-bond acceptors (Lipinski definition) is 6. The van der Waals surface area contributed by atoms with E-state index in [1.165, 1.54) is 36.3 Å². The third-order valence-electron chi connectivity index (χ3n) is 5.92. The van der Waals surface area contributed by atoms with Gasteiger partial charge in [-0.05, 0) is 68.3 Å². The number of aliphatic hydroxyl groups is 1. The first kappa shape index (κ1) is 27.4. The van der Waals surface area contributed by atoms with Gasteiger partial charge in [-0.15, -0.1) is 0 Å². The number of rotatable bonds is 6. The zero-order valence-corrected chi connectivity index (χ0v) is 22.8. The lowest BCUT2D eigenvalue weighted by Crippen LogP contribution is -2.29. The Morgan fingerprint density at radius 1 is 1.00 bits per heavy atom. The molecule has 0 bridgehead atoms. The average Bonchev–Trinajstić information content (AvgIpc) is 3.09. The normalized spacial score (nSPS) is 17.1. The molecule has 7 nitrogen and oxygen atoms in total. The minimum absolute atomic E-state index is 0.0171. The van der Waals surface area contributed by atoms with E-state index >= 15 is 0 Å². The minimum atomic E-state index is -0.955. The Balaban J connectivity index is 1.82. The number of aromatic hydroxyl groups is 1. The first-order valence-corrected chi connectivity index (χ1v) is 12.5. The first-order chi connectivity index (χ1) is 17.9. The molecule has 1 saturated heterocycles. The number of likely N-dealkylation sites (tertiary alicyclic amines) is 1. The largest absolute Gasteiger partial charge is 0.508 e. The minimum Gasteiger partial charge on any atom is -0.508 e. The standard InChI is InChI=1S/C29H27Cl2NO6/c1-29(2,3)38-20-11-5-16(6-12-20)15-32-24(17-7-9-19(33)10-8-17)23(26(35)28(32)36)25(34)21-13-18(30)14-22(31)27(21)37-4/h5-14,24,33-34H,15H2,1-4H3/b25-23+. The van der Waals surface area contributed by atoms with Gasteiger partial charge < -0.3 is 24.6 Å². The van der Waals surface area contributed by atoms with Gasteiger partial charge >= 0.3 is 0 Å². The second-order valence-electron chi connectivity index (χ2n) is 9.85. The Labute approximate surface area is 230 Å². The van der Waals surface area contributed by atoms with Crippen molar-refractivity contribution in [2.75, 3.05) is 7.11 Å². The molecule has 38 heavy (non-hydrogen) atoms. The molecule has 2 N–H and O–H groups in total. The SMILES string of the molecule is COc1c(Cl)cc(Cl)cc1/C(O)=C1\C(=O)C(=O)N(Cc2ccc(OC(C)(C)C)cc2)C1c1ccc(O)cc1. The fraction of sp³-hybridized carbons (Fsp3) is 0.241. The lowest BCUT2D eigenvalue weighted by molar-refractivity contribution is -0.140. The molecule has 4 rings (SSSR count). The zero-order chi connectivity index (χ0) is 27.8. The van der Waals surface area contributed by atoms with Crippen LogP contribution in [0.15, 0.2) is 66.2 Å². The number of phenolic OH excluding ortho intramolecular Hbond substituents is 1. The topological polar surface area (TPSA) is 96.3 Å². The summed E-state index contributed by atoms with van der Waals surface area (Å²) in [5, 5.41) is 21.6. The van der Waals surface area contributed by atoms with Crippen molar-refractivity contribution in [3.8, 4) is 17.2 Å². The van der Waals surface area contributed by atoms with E-state index in [0.717, 1.165) is 5.56 Å². The number of Topliss-reactive ketones (excluding diaryl/α,β-unsaturated/α-hetero) is 1. The maximum atomic E-state index is 13.4. The fourth-order valence-corrected chi connectivity index (χ4v) is 4.92. The third kappa shape index (κ3) is 5.59. The molecule has 0 aromatic heterocycles. The molecule has 1 aliphatic rings. The molecule has 1 aliphatic heterocycles. The van der Waals surface area contributed by atoms with Gasteiger partial charge in [0, 0.05) is 11.6 Å². The van der Waals surface area contributed by atoms with E-state index in [2.05, 4.69) is 0 Å². The van der Waals surface area contributed by atoms with Crippen LogP contribution in [0.1, 0.15) is 43.5 Å². The molecule has 0 saturated carbocycles. The Morgan fingerprint density at radius 2 is 1.63 bits per heavy atom. The molecule has 9 heteroatoms. The maximum Gasteiger partial charge on any atom is 0.295 e. The Hall–Kier alpha value is -3.68. The van der Waals surface area contributed by atoms with E-state index < -0.39 is 23.5 Å². The lowest BCUT2D eigenvalue weighted by atomic mass is 9.94. The summed E-state index contributed by atoms with van der Waals surface area (Å²) in [5.74, 6) is -1.33. The number of amides is 1. The molecule has 0 radical (unpaired) electrons. The molecule has 1 amide bonds. The van der Waals surface area contributed by atoms with Crippen LogP contribution in [0.5, 0.6) is 17.2 Å². The molecule has 0 aliphatic carbocycles. The molecule has 3 aromatic carbocycles. The molecule has 1 fully saturated rings. The summed E-state index contributed by atoms with van der Waals surface area (Å²) >= 11 is 12.4. The van der Waals surface area contributed by atoms with Gasteiger partial charge in [-0.3, -0.25) is 9.59 Å². The summed E-state index contributed by atoms with van der Waals surface area (Å²) in [7, 11) is 1.37. The predicted molar refractivity (Wildman–Crippen MR) is 146 cm³/mol. The first-order valence-electron chi connectivity index (χ1n) is 11.8. The number of phenols is 1. The highest BCUT2D eigenvalue weighted by Crippen LogP contribution is 2.44. The number of halogens is 2. The van der Waals surface area contributed by atoms with E-state index in [-0.39, 0.29) is 44.8 Å². The summed E-state index contributed by atoms with van der Waals surface area (Å²) in [6, 6.07) is 15.2. The quantitative estimate of drug-likeness (QED) is 0.204. The number of aliphatic hydroxyl groups excluding tert-OH is 1. The van der Waals surface area contributed by atoms with Gasteiger partial charge in [0.2, 0.25) is 0 Å². The van der Waals surface area contributed by atoms with Gasteiger partial charge in [0.25, 0.3) is 11.7 Å². The highest BCUT2D eigenvalue weighted by molar-refractivity contribution is 6.46. The Bertz CT molecular complexity index is 1410. The Kier molecular flexibility index (Phi) is 7.63. The van der Waals surface area contributed by atoms with E-state index in [1.807, 2.05) is 32.9 Å². The van der Waals surface area contributed by atoms with E-state index in [0.29, 0.717) is 11.3 Å². The van der Waals surface area contributed by atoms with Crippen LogP contribution in [-0.4, -0.2) is 39.5 Å². The van der Waals surface area contributed by atoms with Crippen molar-refractivity contribution in [2.24, 2.45) is 0 Å². The van der Waals surface area contributed by atoms with Crippen LogP contribution in [0.3, 0.4) is 0 Å². The lowest BCUT2D eigenvalue weighted by Gasteiger charge is -2.26. The van der Waals surface area contributed by atoms with Crippen molar-refractivity contribution >= 4 is 40.7 Å². The zero-order valence-electron chi connectivity index (χ0n) is 21.3. The monoisotopic (exact) mass is 555 g/mol. The van der Waals surface area contributed by atoms with Crippen molar-refractivity contribution < 1.29 is 29.3 Å². The summed E-state index contributed by atoms with van der Waals surface area (Å²) < 4.78 is 11.2. The molecular weight excluding hydrogens is 529 g/mol. The molecule has 1 atom stereocenters. The van der Waals surface area contributed by atoms with Gasteiger partial charge in [0.1, 0.15) is 28.6 Å². The maximum absolute atomic E-state index is 13.4. The van der Waals surface area contributed by atoms with Crippen molar-refractivity contribution in [3.05, 3.63) is 93.0 Å². The van der Waals surface area contributed by atoms with E-state index in [1.54, 1.807) is 24.3 Å². The van der Waals surface area contributed by atoms with Crippen LogP contribution in [0.25, 0.3) is 5.76 Å². The second-order valence-corrected chi connectivity index (χ2v) is 10.7. The van der Waals surface area contributed by atoms with Crippen molar-refractivity contribution in [1.82, 2.24) is 4.90 Å². The van der Waals surface area contributed by atoms with Crippen LogP contribution in [0, 0.1) is 0 Å². The number of nitrogens with zero attached hydrogens (tertiary/aromatic N) is 1. The van der Waals surface area contributed by atoms with Crippen molar-refractivity contribution in [3.63, 3.8) is 0 Å². The number of hydrogen-bond donors (Lipinski definition) is 2. The number of methoxy groups -OCH3 is 1. The van der Waals surface area contributed by atoms with E-state index in [9.17, 15) is 19.8 Å². The van der Waals surface area contributed by atoms with Gasteiger partial charge in [-0.2, -0.15) is 0 Å². The van der Waals surface area contributed by atoms with Gasteiger partial charge in [0.15, 0.2) is 0 Å². The number of ketones is 1. The van der Waals surface area contributed by atoms with Gasteiger partial charge in [0.05, 0.1) is 29.3 Å². The number of carbonyl (C=O) groups excluding carboxylic acids is 2. The molecular formula is C29H27Cl2NO6. The smallest absolute Gasteiger partial charge is 0.295 e. The van der Waals surface area contributed by atoms with Crippen LogP contribution >= 0.6 is 23.2 Å². The third-order valence-corrected chi connectivity index (χ3v) is 6.42. The fourth-order valence-electron chi connectivity index (χ4n) is 4.35. The van der Waals surface area contributed by atoms with Crippen molar-refractivity contribution in [1.29, 1.82) is 0 Å². The summed E-state index contributed by atoms with van der Waals surface area (Å²) in [6.45, 7) is 5.91. The summed E-state index contributed by atoms with van der Waals surface area (Å²) in [4.78, 5) is 28.1. The number of benzene rings is 3. The molecule has 0 spiro atoms. The van der Waals surface area contributed by atoms with Crippen LogP contribution in [0.2, 0.25) is 10.0 Å². The number of carbonyl (C=O) groups is 2. The Morgan fingerprint density at radius 3 is 2.21 bits per heavy atom. The number of ether oxygens (including phenoxy) is 2. The second kappa shape index (κ2) is 10.6. The molecule has 198 valence electrons. The van der Waals surface area contributed by atoms with Gasteiger partial charge in [-0.1, -0.05) is 47.5 Å². The van der Waals surface area contributed by atoms with Crippen LogP contribution in [-0.2, 0) is 16.1 Å². The summed E-state index contributed by atoms with van der Waals surface area (Å²) in [6.07, 6.45) is 0. The van der Waals surface area contributed by atoms with Crippen LogP contribution < -0.4 is 9.47 Å². The van der Waals surface area contributed by atoms with Crippen molar-refractivity contribution in [2.45, 2.75) is 39.0 Å². The predicted octanol–water partition coefficient (Wildman–Crippen LogP) is 6.51. The highest BCUT2D eigenvalue weighted by atomic mass is 35.5. The molecule has 1 heterocycles. The summed E-state index contributed by atoms with van der Waals surface area (Å²) in [5.41, 5.74) is 0.828. The average molecular weight is 556 g/mol.